The Morgan fingerprint density at radius 2 is 1.93 bits per heavy atom. The number of rotatable bonds is 5. The minimum atomic E-state index is -1.67. The van der Waals surface area contributed by atoms with Crippen LogP contribution in [0.25, 0.3) is 22.6 Å². The van der Waals surface area contributed by atoms with E-state index in [4.69, 9.17) is 6.48 Å². The molecule has 0 fully saturated rings. The van der Waals surface area contributed by atoms with Crippen LogP contribution in [0.1, 0.15) is 12.5 Å². The molecule has 0 saturated carbocycles. The molecule has 0 aliphatic carbocycles. The minimum absolute atomic E-state index is 0.000370. The van der Waals surface area contributed by atoms with Gasteiger partial charge in [-0.1, -0.05) is 0 Å². The van der Waals surface area contributed by atoms with E-state index in [1.165, 1.54) is 4.57 Å². The van der Waals surface area contributed by atoms with Crippen LogP contribution in [-0.4, -0.2) is 64.9 Å². The molecule has 0 radical (unpaired) electrons. The third-order valence-corrected chi connectivity index (χ3v) is 4.41. The molecule has 0 spiro atoms. The Labute approximate surface area is 154 Å². The number of benzene rings is 1. The van der Waals surface area contributed by atoms with E-state index >= 15 is 0 Å². The van der Waals surface area contributed by atoms with Gasteiger partial charge in [0.15, 0.2) is 11.5 Å². The highest BCUT2D eigenvalue weighted by atomic mass is 16.4. The maximum atomic E-state index is 12.2. The Kier molecular flexibility index (Phi) is 4.70. The summed E-state index contributed by atoms with van der Waals surface area (Å²) in [4.78, 5) is 34.0. The van der Waals surface area contributed by atoms with Crippen LogP contribution in [0.4, 0.5) is 0 Å². The summed E-state index contributed by atoms with van der Waals surface area (Å²) in [6.07, 6.45) is -4.77. The van der Waals surface area contributed by atoms with Crippen LogP contribution < -0.4 is 11.2 Å². The van der Waals surface area contributed by atoms with E-state index in [2.05, 4.69) is 9.97 Å². The maximum Gasteiger partial charge on any atom is 0.349 e. The van der Waals surface area contributed by atoms with Gasteiger partial charge in [0.25, 0.3) is 5.56 Å². The second-order valence-electron chi connectivity index (χ2n) is 6.34. The van der Waals surface area contributed by atoms with Crippen molar-refractivity contribution >= 4 is 11.0 Å². The highest BCUT2D eigenvalue weighted by Crippen LogP contribution is 2.24. The van der Waals surface area contributed by atoms with Gasteiger partial charge in [-0.25, -0.2) is 9.78 Å². The molecule has 2 heterocycles. The lowest BCUT2D eigenvalue weighted by Crippen LogP contribution is -2.42. The summed E-state index contributed by atoms with van der Waals surface area (Å²) in [5.41, 5.74) is 0.417. The summed E-state index contributed by atoms with van der Waals surface area (Å²) < 4.78 is 8.96. The summed E-state index contributed by atoms with van der Waals surface area (Å²) in [6, 6.07) is 3.31. The first kappa shape index (κ1) is 17.7. The summed E-state index contributed by atoms with van der Waals surface area (Å²) in [6.45, 7) is 0.696. The van der Waals surface area contributed by atoms with Crippen LogP contribution in [0.15, 0.2) is 21.7 Å². The van der Waals surface area contributed by atoms with E-state index in [1.807, 2.05) is 4.98 Å². The number of hydrogen-bond acceptors (Lipinski definition) is 8. The molecule has 0 unspecified atom stereocenters. The Hall–Kier alpha value is -2.66. The molecular formula is C17H20N4O6. The molecule has 0 aromatic heterocycles. The van der Waals surface area contributed by atoms with Crippen molar-refractivity contribution in [1.29, 1.82) is 0 Å². The van der Waals surface area contributed by atoms with Crippen LogP contribution in [-0.2, 0) is 6.54 Å². The SMILES string of the molecule is [2H]Cc1cc2nc3c(=O)[nH]c(=O)nc-3n(C[C@H](O)[C@H](O)[C@H](O)CO)c2cc1C. The van der Waals surface area contributed by atoms with Crippen molar-refractivity contribution in [2.75, 3.05) is 6.61 Å². The first-order chi connectivity index (χ1) is 13.3. The van der Waals surface area contributed by atoms with Crippen molar-refractivity contribution in [2.45, 2.75) is 38.7 Å². The number of hydrogen-bond donors (Lipinski definition) is 5. The number of aliphatic hydroxyl groups excluding tert-OH is 4. The molecular weight excluding hydrogens is 356 g/mol. The van der Waals surface area contributed by atoms with Crippen molar-refractivity contribution in [3.63, 3.8) is 0 Å². The molecule has 5 N–H and O–H groups in total. The van der Waals surface area contributed by atoms with Gasteiger partial charge in [-0.3, -0.25) is 9.78 Å². The lowest BCUT2D eigenvalue weighted by Gasteiger charge is -2.25. The van der Waals surface area contributed by atoms with Gasteiger partial charge in [0.2, 0.25) is 0 Å². The Morgan fingerprint density at radius 1 is 1.19 bits per heavy atom. The fraction of sp³-hybridized carbons (Fsp3) is 0.412. The molecule has 1 aromatic carbocycles. The van der Waals surface area contributed by atoms with Gasteiger partial charge in [-0.05, 0) is 37.1 Å². The average molecular weight is 377 g/mol. The van der Waals surface area contributed by atoms with Gasteiger partial charge in [0, 0.05) is 1.37 Å². The number of H-pyrrole nitrogens is 1. The van der Waals surface area contributed by atoms with Crippen LogP contribution in [0, 0.1) is 13.8 Å². The van der Waals surface area contributed by atoms with Crippen molar-refractivity contribution in [3.05, 3.63) is 44.1 Å². The third-order valence-electron chi connectivity index (χ3n) is 4.41. The van der Waals surface area contributed by atoms with E-state index in [0.717, 1.165) is 5.56 Å². The maximum absolute atomic E-state index is 12.2. The third kappa shape index (κ3) is 3.47. The Balaban J connectivity index is 2.28. The number of nitrogens with zero attached hydrogens (tertiary/aromatic N) is 3. The molecule has 2 aliphatic heterocycles. The standard InChI is InChI=1S/C17H20N4O6/c1-7-3-9-10(4-8(7)2)21(5-11(23)14(25)12(24)6-22)15-13(18-9)16(26)20-17(27)19-15/h3-4,11-12,14,22-25H,5-6H2,1-2H3,(H,20,26,27)/t11-,12+,14-/m0/s1/i1D. The van der Waals surface area contributed by atoms with Crippen molar-refractivity contribution < 1.29 is 21.8 Å². The molecule has 144 valence electrons. The van der Waals surface area contributed by atoms with Gasteiger partial charge >= 0.3 is 5.69 Å². The molecule has 0 saturated heterocycles. The fourth-order valence-corrected chi connectivity index (χ4v) is 2.83. The summed E-state index contributed by atoms with van der Waals surface area (Å²) >= 11 is 0. The molecule has 10 heteroatoms. The van der Waals surface area contributed by atoms with Gasteiger partial charge in [-0.2, -0.15) is 4.98 Å². The fourth-order valence-electron chi connectivity index (χ4n) is 2.83. The van der Waals surface area contributed by atoms with E-state index in [0.29, 0.717) is 16.6 Å². The van der Waals surface area contributed by atoms with E-state index in [9.17, 15) is 24.9 Å². The van der Waals surface area contributed by atoms with E-state index < -0.39 is 36.2 Å². The van der Waals surface area contributed by atoms with E-state index in [-0.39, 0.29) is 25.0 Å². The molecule has 27 heavy (non-hydrogen) atoms. The van der Waals surface area contributed by atoms with Gasteiger partial charge in [-0.15, -0.1) is 0 Å². The Morgan fingerprint density at radius 3 is 2.59 bits per heavy atom. The first-order valence-corrected chi connectivity index (χ1v) is 8.15. The monoisotopic (exact) mass is 377 g/mol. The van der Waals surface area contributed by atoms with Crippen molar-refractivity contribution in [3.8, 4) is 11.5 Å². The number of aryl methyl sites for hydroxylation is 2. The largest absolute Gasteiger partial charge is 0.394 e. The number of nitrogens with one attached hydrogen (secondary N) is 1. The lowest BCUT2D eigenvalue weighted by molar-refractivity contribution is -0.0802. The highest BCUT2D eigenvalue weighted by molar-refractivity contribution is 5.81. The zero-order valence-electron chi connectivity index (χ0n) is 15.5. The quantitative estimate of drug-likeness (QED) is 0.328. The Bertz CT molecular complexity index is 1100. The molecule has 3 rings (SSSR count). The molecule has 2 aliphatic rings. The molecule has 0 amide bonds. The van der Waals surface area contributed by atoms with Gasteiger partial charge < -0.3 is 25.0 Å². The van der Waals surface area contributed by atoms with Gasteiger partial charge in [0.1, 0.15) is 18.3 Å². The van der Waals surface area contributed by atoms with Crippen LogP contribution in [0.5, 0.6) is 0 Å². The predicted molar refractivity (Wildman–Crippen MR) is 95.6 cm³/mol. The second-order valence-corrected chi connectivity index (χ2v) is 6.34. The van der Waals surface area contributed by atoms with Crippen LogP contribution >= 0.6 is 0 Å². The number of aliphatic hydroxyl groups is 4. The molecule has 1 aromatic rings. The number of fused-ring (bicyclic) bond motifs is 2. The molecule has 10 nitrogen and oxygen atoms in total. The summed E-state index contributed by atoms with van der Waals surface area (Å²) in [7, 11) is 0. The summed E-state index contributed by atoms with van der Waals surface area (Å²) in [5, 5.41) is 38.8. The van der Waals surface area contributed by atoms with E-state index in [1.54, 1.807) is 19.1 Å². The number of aromatic nitrogens is 4. The topological polar surface area (TPSA) is 162 Å². The van der Waals surface area contributed by atoms with Gasteiger partial charge in [0.05, 0.1) is 24.2 Å². The van der Waals surface area contributed by atoms with Crippen LogP contribution in [0.3, 0.4) is 0 Å². The zero-order chi connectivity index (χ0) is 20.6. The first-order valence-electron chi connectivity index (χ1n) is 8.86. The summed E-state index contributed by atoms with van der Waals surface area (Å²) in [5.74, 6) is -0.0935. The average Bonchev–Trinajstić information content (AvgIpc) is 2.67. The highest BCUT2D eigenvalue weighted by Gasteiger charge is 2.27. The lowest BCUT2D eigenvalue weighted by atomic mass is 10.1. The molecule has 0 bridgehead atoms. The second kappa shape index (κ2) is 7.16. The van der Waals surface area contributed by atoms with Crippen molar-refractivity contribution in [2.24, 2.45) is 0 Å². The normalized spacial score (nSPS) is 15.7. The van der Waals surface area contributed by atoms with Crippen LogP contribution in [0.2, 0.25) is 0 Å². The predicted octanol–water partition coefficient (Wildman–Crippen LogP) is -1.72. The van der Waals surface area contributed by atoms with Crippen molar-refractivity contribution in [1.82, 2.24) is 19.5 Å². The molecule has 3 atom stereocenters. The smallest absolute Gasteiger partial charge is 0.349 e. The zero-order valence-corrected chi connectivity index (χ0v) is 14.5. The minimum Gasteiger partial charge on any atom is -0.394 e. The number of aromatic amines is 1.